The molecule has 0 aliphatic carbocycles. The molecule has 0 aromatic heterocycles. The number of ether oxygens (including phenoxy) is 1. The molecule has 0 aromatic rings. The molecule has 0 aromatic carbocycles. The number of carbonyl (C=O) groups is 2. The molecule has 14 heavy (non-hydrogen) atoms. The van der Waals surface area contributed by atoms with E-state index in [1.807, 2.05) is 0 Å². The van der Waals surface area contributed by atoms with Gasteiger partial charge in [0.05, 0.1) is 6.61 Å². The first-order valence-electron chi connectivity index (χ1n) is 4.60. The Morgan fingerprint density at radius 1 is 1.43 bits per heavy atom. The molecule has 0 heterocycles. The summed E-state index contributed by atoms with van der Waals surface area (Å²) < 4.78 is 4.50. The van der Waals surface area contributed by atoms with E-state index in [2.05, 4.69) is 16.0 Å². The number of terminal acetylenes is 1. The van der Waals surface area contributed by atoms with Crippen LogP contribution in [-0.4, -0.2) is 25.0 Å². The number of carbonyl (C=O) groups excluding carboxylic acids is 2. The van der Waals surface area contributed by atoms with Gasteiger partial charge in [-0.2, -0.15) is 0 Å². The van der Waals surface area contributed by atoms with E-state index < -0.39 is 11.9 Å². The van der Waals surface area contributed by atoms with Crippen molar-refractivity contribution < 1.29 is 14.3 Å². The molecule has 4 heteroatoms. The predicted molar refractivity (Wildman–Crippen MR) is 52.3 cm³/mol. The van der Waals surface area contributed by atoms with Crippen LogP contribution in [0.3, 0.4) is 0 Å². The van der Waals surface area contributed by atoms with Gasteiger partial charge in [0.2, 0.25) is 0 Å². The SMILES string of the molecule is C#CCCCCNC(=O)C(=O)OCC. The van der Waals surface area contributed by atoms with Gasteiger partial charge in [0.25, 0.3) is 0 Å². The lowest BCUT2D eigenvalue weighted by molar-refractivity contribution is -0.154. The summed E-state index contributed by atoms with van der Waals surface area (Å²) in [7, 11) is 0. The van der Waals surface area contributed by atoms with Gasteiger partial charge in [0.1, 0.15) is 0 Å². The molecule has 0 saturated heterocycles. The number of nitrogens with one attached hydrogen (secondary N) is 1. The highest BCUT2D eigenvalue weighted by Crippen LogP contribution is 1.91. The Kier molecular flexibility index (Phi) is 7.24. The van der Waals surface area contributed by atoms with Gasteiger partial charge in [-0.1, -0.05) is 0 Å². The Hall–Kier alpha value is -1.50. The molecule has 0 atom stereocenters. The Labute approximate surface area is 84.0 Å². The Bertz CT molecular complexity index is 230. The maximum absolute atomic E-state index is 10.9. The molecule has 0 saturated carbocycles. The molecule has 0 rings (SSSR count). The molecule has 78 valence electrons. The standard InChI is InChI=1S/C10H15NO3/c1-3-5-6-7-8-11-9(12)10(13)14-4-2/h1H,4-8H2,2H3,(H,11,12). The number of unbranched alkanes of at least 4 members (excludes halogenated alkanes) is 2. The van der Waals surface area contributed by atoms with Crippen LogP contribution in [0.15, 0.2) is 0 Å². The topological polar surface area (TPSA) is 55.4 Å². The molecule has 0 spiro atoms. The van der Waals surface area contributed by atoms with E-state index in [0.717, 1.165) is 12.8 Å². The monoisotopic (exact) mass is 197 g/mol. The third-order valence-corrected chi connectivity index (χ3v) is 1.49. The molecule has 1 N–H and O–H groups in total. The van der Waals surface area contributed by atoms with Crippen LogP contribution in [0.25, 0.3) is 0 Å². The molecule has 0 fully saturated rings. The summed E-state index contributed by atoms with van der Waals surface area (Å²) in [5.74, 6) is 0.978. The van der Waals surface area contributed by atoms with Crippen LogP contribution in [0, 0.1) is 12.3 Å². The summed E-state index contributed by atoms with van der Waals surface area (Å²) >= 11 is 0. The van der Waals surface area contributed by atoms with E-state index in [0.29, 0.717) is 13.0 Å². The molecule has 1 amide bonds. The number of hydrogen-bond donors (Lipinski definition) is 1. The average Bonchev–Trinajstić information content (AvgIpc) is 2.17. The molecule has 0 radical (unpaired) electrons. The largest absolute Gasteiger partial charge is 0.459 e. The summed E-state index contributed by atoms with van der Waals surface area (Å²) in [5, 5.41) is 2.44. The van der Waals surface area contributed by atoms with E-state index in [-0.39, 0.29) is 6.61 Å². The molecule has 0 unspecified atom stereocenters. The summed E-state index contributed by atoms with van der Waals surface area (Å²) in [5.41, 5.74) is 0. The van der Waals surface area contributed by atoms with Crippen molar-refractivity contribution in [3.8, 4) is 12.3 Å². The summed E-state index contributed by atoms with van der Waals surface area (Å²) in [6, 6.07) is 0. The normalized spacial score (nSPS) is 8.86. The van der Waals surface area contributed by atoms with Crippen LogP contribution in [0.5, 0.6) is 0 Å². The first-order chi connectivity index (χ1) is 6.72. The van der Waals surface area contributed by atoms with Crippen molar-refractivity contribution in [2.24, 2.45) is 0 Å². The van der Waals surface area contributed by atoms with E-state index in [9.17, 15) is 9.59 Å². The maximum atomic E-state index is 10.9. The van der Waals surface area contributed by atoms with E-state index >= 15 is 0 Å². The zero-order valence-electron chi connectivity index (χ0n) is 8.34. The third-order valence-electron chi connectivity index (χ3n) is 1.49. The van der Waals surface area contributed by atoms with Crippen molar-refractivity contribution in [1.82, 2.24) is 5.32 Å². The molecule has 4 nitrogen and oxygen atoms in total. The second kappa shape index (κ2) is 8.11. The van der Waals surface area contributed by atoms with E-state index in [1.54, 1.807) is 6.92 Å². The third kappa shape index (κ3) is 6.06. The first-order valence-corrected chi connectivity index (χ1v) is 4.60. The van der Waals surface area contributed by atoms with Crippen molar-refractivity contribution in [1.29, 1.82) is 0 Å². The fourth-order valence-corrected chi connectivity index (χ4v) is 0.823. The van der Waals surface area contributed by atoms with Crippen molar-refractivity contribution in [3.63, 3.8) is 0 Å². The van der Waals surface area contributed by atoms with Gasteiger partial charge >= 0.3 is 11.9 Å². The zero-order valence-corrected chi connectivity index (χ0v) is 8.34. The minimum Gasteiger partial charge on any atom is -0.459 e. The van der Waals surface area contributed by atoms with Crippen LogP contribution in [0.1, 0.15) is 26.2 Å². The molecule has 0 aliphatic rings. The highest BCUT2D eigenvalue weighted by molar-refractivity contribution is 6.32. The number of amides is 1. The Balaban J connectivity index is 3.45. The van der Waals surface area contributed by atoms with Gasteiger partial charge in [-0.05, 0) is 19.8 Å². The lowest BCUT2D eigenvalue weighted by Gasteiger charge is -2.03. The molecular formula is C10H15NO3. The lowest BCUT2D eigenvalue weighted by Crippen LogP contribution is -2.33. The molecular weight excluding hydrogens is 182 g/mol. The van der Waals surface area contributed by atoms with Crippen LogP contribution < -0.4 is 5.32 Å². The highest BCUT2D eigenvalue weighted by atomic mass is 16.5. The second-order valence-corrected chi connectivity index (χ2v) is 2.64. The van der Waals surface area contributed by atoms with Crippen LogP contribution >= 0.6 is 0 Å². The number of hydrogen-bond acceptors (Lipinski definition) is 3. The number of rotatable bonds is 5. The summed E-state index contributed by atoms with van der Waals surface area (Å²) in [6.07, 6.45) is 7.36. The fourth-order valence-electron chi connectivity index (χ4n) is 0.823. The highest BCUT2D eigenvalue weighted by Gasteiger charge is 2.12. The van der Waals surface area contributed by atoms with Crippen LogP contribution in [0.4, 0.5) is 0 Å². The summed E-state index contributed by atoms with van der Waals surface area (Å²) in [4.78, 5) is 21.7. The lowest BCUT2D eigenvalue weighted by atomic mass is 10.2. The fraction of sp³-hybridized carbons (Fsp3) is 0.600. The molecule has 0 bridgehead atoms. The van der Waals surface area contributed by atoms with Crippen molar-refractivity contribution in [3.05, 3.63) is 0 Å². The van der Waals surface area contributed by atoms with Crippen molar-refractivity contribution in [2.75, 3.05) is 13.2 Å². The Morgan fingerprint density at radius 2 is 2.14 bits per heavy atom. The minimum atomic E-state index is -0.829. The maximum Gasteiger partial charge on any atom is 0.396 e. The summed E-state index contributed by atoms with van der Waals surface area (Å²) in [6.45, 7) is 2.32. The van der Waals surface area contributed by atoms with Gasteiger partial charge in [0.15, 0.2) is 0 Å². The van der Waals surface area contributed by atoms with Crippen LogP contribution in [0.2, 0.25) is 0 Å². The smallest absolute Gasteiger partial charge is 0.396 e. The van der Waals surface area contributed by atoms with E-state index in [4.69, 9.17) is 6.42 Å². The second-order valence-electron chi connectivity index (χ2n) is 2.64. The van der Waals surface area contributed by atoms with Crippen LogP contribution in [-0.2, 0) is 14.3 Å². The average molecular weight is 197 g/mol. The van der Waals surface area contributed by atoms with Gasteiger partial charge < -0.3 is 10.1 Å². The van der Waals surface area contributed by atoms with Gasteiger partial charge in [-0.15, -0.1) is 12.3 Å². The molecule has 0 aliphatic heterocycles. The Morgan fingerprint density at radius 3 is 2.71 bits per heavy atom. The first kappa shape index (κ1) is 12.5. The minimum absolute atomic E-state index is 0.212. The van der Waals surface area contributed by atoms with E-state index in [1.165, 1.54) is 0 Å². The number of esters is 1. The van der Waals surface area contributed by atoms with Crippen molar-refractivity contribution in [2.45, 2.75) is 26.2 Å². The quantitative estimate of drug-likeness (QED) is 0.301. The zero-order chi connectivity index (χ0) is 10.8. The van der Waals surface area contributed by atoms with Gasteiger partial charge in [-0.3, -0.25) is 4.79 Å². The van der Waals surface area contributed by atoms with Gasteiger partial charge in [-0.25, -0.2) is 4.79 Å². The van der Waals surface area contributed by atoms with Gasteiger partial charge in [0, 0.05) is 13.0 Å². The van der Waals surface area contributed by atoms with Crippen molar-refractivity contribution >= 4 is 11.9 Å². The predicted octanol–water partition coefficient (Wildman–Crippen LogP) is 0.469.